The largest absolute Gasteiger partial charge is 0.489 e. The topological polar surface area (TPSA) is 70.1 Å². The summed E-state index contributed by atoms with van der Waals surface area (Å²) < 4.78 is 7.57. The lowest BCUT2D eigenvalue weighted by Crippen LogP contribution is -2.67. The van der Waals surface area contributed by atoms with Crippen molar-refractivity contribution in [3.8, 4) is 5.75 Å². The molecule has 2 aromatic carbocycles. The molecule has 190 valence electrons. The van der Waals surface area contributed by atoms with Crippen molar-refractivity contribution in [2.75, 3.05) is 52.4 Å². The minimum absolute atomic E-state index is 0.0352. The molecular formula is C29H36N3O4+. The highest BCUT2D eigenvalue weighted by Gasteiger charge is 2.58. The van der Waals surface area contributed by atoms with E-state index in [2.05, 4.69) is 29.2 Å². The summed E-state index contributed by atoms with van der Waals surface area (Å²) in [6, 6.07) is 12.5. The fraction of sp³-hybridized carbons (Fsp3) is 0.517. The van der Waals surface area contributed by atoms with Crippen molar-refractivity contribution in [1.29, 1.82) is 0 Å². The number of hydrogen-bond donors (Lipinski definition) is 1. The maximum atomic E-state index is 12.6. The van der Waals surface area contributed by atoms with Crippen LogP contribution in [0.1, 0.15) is 19.4 Å². The number of piperazine rings is 3. The number of ether oxygens (including phenoxy) is 1. The van der Waals surface area contributed by atoms with Crippen LogP contribution in [0.2, 0.25) is 0 Å². The summed E-state index contributed by atoms with van der Waals surface area (Å²) in [5.41, 5.74) is 2.60. The Morgan fingerprint density at radius 1 is 1.11 bits per heavy atom. The zero-order valence-electron chi connectivity index (χ0n) is 21.2. The molecule has 7 nitrogen and oxygen atoms in total. The number of benzene rings is 2. The Morgan fingerprint density at radius 2 is 1.81 bits per heavy atom. The van der Waals surface area contributed by atoms with Crippen LogP contribution < -0.4 is 4.74 Å². The third-order valence-corrected chi connectivity index (χ3v) is 9.35. The summed E-state index contributed by atoms with van der Waals surface area (Å²) in [5, 5.41) is 12.4. The Labute approximate surface area is 212 Å². The number of amides is 1. The fourth-order valence-corrected chi connectivity index (χ4v) is 7.04. The summed E-state index contributed by atoms with van der Waals surface area (Å²) >= 11 is 0. The van der Waals surface area contributed by atoms with Crippen LogP contribution in [0.15, 0.2) is 47.7 Å². The van der Waals surface area contributed by atoms with Crippen LogP contribution in [-0.2, 0) is 16.0 Å². The number of carbonyl (C=O) groups is 2. The molecule has 1 N–H and O–H groups in total. The van der Waals surface area contributed by atoms with Gasteiger partial charge in [0, 0.05) is 37.4 Å². The van der Waals surface area contributed by atoms with Gasteiger partial charge in [-0.1, -0.05) is 37.3 Å². The van der Waals surface area contributed by atoms with Crippen LogP contribution in [0.4, 0.5) is 0 Å². The van der Waals surface area contributed by atoms with Gasteiger partial charge in [-0.2, -0.15) is 0 Å². The zero-order valence-corrected chi connectivity index (χ0v) is 21.2. The van der Waals surface area contributed by atoms with Crippen LogP contribution in [0.5, 0.6) is 5.75 Å². The van der Waals surface area contributed by atoms with Crippen molar-refractivity contribution >= 4 is 23.0 Å². The molecule has 1 unspecified atom stereocenters. The van der Waals surface area contributed by atoms with Gasteiger partial charge in [-0.25, -0.2) is 0 Å². The smallest absolute Gasteiger partial charge is 0.235 e. The third kappa shape index (κ3) is 3.67. The van der Waals surface area contributed by atoms with Crippen molar-refractivity contribution < 1.29 is 23.9 Å². The van der Waals surface area contributed by atoms with Crippen LogP contribution in [0.3, 0.4) is 0 Å². The number of allylic oxidation sites excluding steroid dienone is 1. The van der Waals surface area contributed by atoms with Gasteiger partial charge in [0.2, 0.25) is 5.91 Å². The van der Waals surface area contributed by atoms with Crippen molar-refractivity contribution in [2.45, 2.75) is 32.4 Å². The number of aliphatic hydroxyl groups is 1. The Morgan fingerprint density at radius 3 is 2.50 bits per heavy atom. The number of β-lactam (4-membered cyclic amide) rings is 1. The maximum Gasteiger partial charge on any atom is 0.235 e. The average molecular weight is 491 g/mol. The van der Waals surface area contributed by atoms with Gasteiger partial charge >= 0.3 is 0 Å². The van der Waals surface area contributed by atoms with E-state index in [1.807, 2.05) is 19.1 Å². The normalized spacial score (nSPS) is 32.0. The molecule has 1 amide bonds. The molecule has 5 heterocycles. The lowest BCUT2D eigenvalue weighted by Gasteiger charge is -2.50. The number of carbonyl (C=O) groups excluding carboxylic acids is 2. The molecule has 0 aliphatic carbocycles. The third-order valence-electron chi connectivity index (χ3n) is 9.35. The van der Waals surface area contributed by atoms with Gasteiger partial charge < -0.3 is 19.2 Å². The molecule has 4 fully saturated rings. The molecule has 0 spiro atoms. The van der Waals surface area contributed by atoms with Crippen LogP contribution in [-0.4, -0.2) is 96.1 Å². The number of aldehydes is 1. The van der Waals surface area contributed by atoms with Crippen LogP contribution in [0.25, 0.3) is 10.8 Å². The first-order valence-corrected chi connectivity index (χ1v) is 13.3. The average Bonchev–Trinajstić information content (AvgIpc) is 3.14. The first kappa shape index (κ1) is 23.6. The van der Waals surface area contributed by atoms with Gasteiger partial charge in [0.1, 0.15) is 12.4 Å². The SMILES string of the molecule is C[C@H]1C(COc2cccc3c(CC[N+]45CCN(CC4)CC5)cccc23)=C(C=O)N2C(=O)[C@H]([C@@H](C)O)C12. The molecule has 4 atom stereocenters. The number of hydrogen-bond acceptors (Lipinski definition) is 5. The summed E-state index contributed by atoms with van der Waals surface area (Å²) in [4.78, 5) is 28.7. The van der Waals surface area contributed by atoms with E-state index in [0.717, 1.165) is 29.4 Å². The Kier molecular flexibility index (Phi) is 5.90. The van der Waals surface area contributed by atoms with Crippen molar-refractivity contribution in [2.24, 2.45) is 11.8 Å². The lowest BCUT2D eigenvalue weighted by molar-refractivity contribution is -0.940. The first-order valence-electron chi connectivity index (χ1n) is 13.3. The Bertz CT molecular complexity index is 1220. The second-order valence-corrected chi connectivity index (χ2v) is 11.2. The number of rotatable bonds is 8. The second kappa shape index (κ2) is 8.98. The molecule has 5 aliphatic heterocycles. The number of nitrogens with zero attached hydrogens (tertiary/aromatic N) is 3. The molecule has 2 bridgehead atoms. The van der Waals surface area contributed by atoms with Crippen LogP contribution in [0, 0.1) is 11.8 Å². The highest BCUT2D eigenvalue weighted by Crippen LogP contribution is 2.46. The predicted octanol–water partition coefficient (Wildman–Crippen LogP) is 2.22. The summed E-state index contributed by atoms with van der Waals surface area (Å²) in [6.07, 6.45) is 1.09. The monoisotopic (exact) mass is 490 g/mol. The molecule has 5 aliphatic rings. The molecule has 36 heavy (non-hydrogen) atoms. The standard InChI is InChI=1S/C29H36N3O4/c1-19-24(25(17-33)31-28(19)27(20(2)34)29(31)35)18-36-26-8-4-6-22-21(5-3-7-23(22)26)9-13-32-14-10-30(11-15-32)12-16-32/h3-8,17,19-20,27-28,34H,9-16,18H2,1-2H3/q+1/t19-,20+,27+,28?/m0/s1. The van der Waals surface area contributed by atoms with E-state index in [-0.39, 0.29) is 24.5 Å². The fourth-order valence-electron chi connectivity index (χ4n) is 7.04. The minimum atomic E-state index is -0.731. The molecule has 7 heteroatoms. The van der Waals surface area contributed by atoms with E-state index in [1.54, 1.807) is 11.8 Å². The predicted molar refractivity (Wildman–Crippen MR) is 137 cm³/mol. The number of aliphatic hydroxyl groups excluding tert-OH is 1. The van der Waals surface area contributed by atoms with Crippen molar-refractivity contribution in [3.63, 3.8) is 0 Å². The van der Waals surface area contributed by atoms with E-state index >= 15 is 0 Å². The zero-order chi connectivity index (χ0) is 25.0. The highest BCUT2D eigenvalue weighted by molar-refractivity contribution is 5.96. The second-order valence-electron chi connectivity index (χ2n) is 11.2. The maximum absolute atomic E-state index is 12.6. The quantitative estimate of drug-likeness (QED) is 0.349. The molecule has 7 rings (SSSR count). The van der Waals surface area contributed by atoms with Gasteiger partial charge in [0.25, 0.3) is 0 Å². The van der Waals surface area contributed by atoms with E-state index < -0.39 is 12.0 Å². The highest BCUT2D eigenvalue weighted by atomic mass is 16.5. The van der Waals surface area contributed by atoms with E-state index in [4.69, 9.17) is 4.74 Å². The first-order chi connectivity index (χ1) is 17.4. The summed E-state index contributed by atoms with van der Waals surface area (Å²) in [5.74, 6) is 0.134. The Hall–Kier alpha value is -2.74. The van der Waals surface area contributed by atoms with Crippen LogP contribution >= 0.6 is 0 Å². The van der Waals surface area contributed by atoms with Crippen molar-refractivity contribution in [1.82, 2.24) is 9.80 Å². The Balaban J connectivity index is 1.21. The molecule has 4 saturated heterocycles. The van der Waals surface area contributed by atoms with Gasteiger partial charge in [-0.3, -0.25) is 14.5 Å². The van der Waals surface area contributed by atoms with E-state index in [0.29, 0.717) is 5.70 Å². The summed E-state index contributed by atoms with van der Waals surface area (Å²) in [7, 11) is 0. The number of quaternary nitrogens is 1. The summed E-state index contributed by atoms with van der Waals surface area (Å²) in [6.45, 7) is 12.6. The van der Waals surface area contributed by atoms with E-state index in [1.165, 1.54) is 61.2 Å². The van der Waals surface area contributed by atoms with Gasteiger partial charge in [-0.15, -0.1) is 0 Å². The van der Waals surface area contributed by atoms with Gasteiger partial charge in [-0.05, 0) is 29.5 Å². The minimum Gasteiger partial charge on any atom is -0.489 e. The van der Waals surface area contributed by atoms with Gasteiger partial charge in [0.05, 0.1) is 49.9 Å². The van der Waals surface area contributed by atoms with Gasteiger partial charge in [0.15, 0.2) is 6.29 Å². The molecule has 0 radical (unpaired) electrons. The molecule has 0 aromatic heterocycles. The molecule has 0 saturated carbocycles. The van der Waals surface area contributed by atoms with E-state index in [9.17, 15) is 14.7 Å². The lowest BCUT2D eigenvalue weighted by atomic mass is 9.78. The van der Waals surface area contributed by atoms with Crippen molar-refractivity contribution in [3.05, 3.63) is 53.2 Å². The molecular weight excluding hydrogens is 454 g/mol. The number of fused-ring (bicyclic) bond motifs is 5. The molecule has 2 aromatic rings.